The molecule has 2 N–H and O–H groups in total. The lowest BCUT2D eigenvalue weighted by atomic mass is 9.93. The van der Waals surface area contributed by atoms with Crippen LogP contribution in [0.5, 0.6) is 0 Å². The second-order valence-corrected chi connectivity index (χ2v) is 7.66. The number of benzene rings is 2. The molecule has 0 spiro atoms. The predicted molar refractivity (Wildman–Crippen MR) is 112 cm³/mol. The van der Waals surface area contributed by atoms with Gasteiger partial charge in [0, 0.05) is 5.56 Å². The molecule has 27 heavy (non-hydrogen) atoms. The Balaban J connectivity index is 2.03. The number of nitrogens with one attached hydrogen (secondary N) is 1. The first-order valence-corrected chi connectivity index (χ1v) is 10.3. The van der Waals surface area contributed by atoms with E-state index in [-0.39, 0.29) is 6.10 Å². The molecule has 0 fully saturated rings. The number of aryl methyl sites for hydroxylation is 1. The Hall–Kier alpha value is -1.91. The number of aromatic amines is 1. The number of H-pyrrole nitrogens is 1. The molecule has 1 unspecified atom stereocenters. The van der Waals surface area contributed by atoms with Crippen LogP contribution in [0.1, 0.15) is 57.1 Å². The smallest absolute Gasteiger partial charge is 0.122 e. The van der Waals surface area contributed by atoms with Crippen LogP contribution in [0.15, 0.2) is 30.3 Å². The van der Waals surface area contributed by atoms with E-state index in [2.05, 4.69) is 47.5 Å². The average Bonchev–Trinajstić information content (AvgIpc) is 3.10. The van der Waals surface area contributed by atoms with Crippen molar-refractivity contribution in [1.29, 1.82) is 0 Å². The summed E-state index contributed by atoms with van der Waals surface area (Å²) in [4.78, 5) is 0. The van der Waals surface area contributed by atoms with Gasteiger partial charge in [-0.3, -0.25) is 0 Å². The largest absolute Gasteiger partial charge is 0.393 e. The quantitative estimate of drug-likeness (QED) is 0.463. The molecule has 0 aliphatic rings. The van der Waals surface area contributed by atoms with Gasteiger partial charge in [0.1, 0.15) is 11.0 Å². The first kappa shape index (κ1) is 19.8. The van der Waals surface area contributed by atoms with Crippen molar-refractivity contribution in [2.45, 2.75) is 64.9 Å². The zero-order valence-corrected chi connectivity index (χ0v) is 16.9. The number of nitrogens with zero attached hydrogens (tertiary/aromatic N) is 2. The summed E-state index contributed by atoms with van der Waals surface area (Å²) in [5.74, 6) is 0. The number of rotatable bonds is 9. The molecule has 0 saturated heterocycles. The fourth-order valence-corrected chi connectivity index (χ4v) is 3.88. The minimum absolute atomic E-state index is 0.313. The van der Waals surface area contributed by atoms with Crippen molar-refractivity contribution in [2.24, 2.45) is 0 Å². The molecule has 0 radical (unpaired) electrons. The Morgan fingerprint density at radius 1 is 1.04 bits per heavy atom. The van der Waals surface area contributed by atoms with Crippen LogP contribution >= 0.6 is 11.6 Å². The van der Waals surface area contributed by atoms with Gasteiger partial charge in [0.2, 0.25) is 0 Å². The number of halogens is 1. The number of fused-ring (bicyclic) bond motifs is 1. The van der Waals surface area contributed by atoms with Crippen molar-refractivity contribution in [3.05, 3.63) is 46.5 Å². The van der Waals surface area contributed by atoms with E-state index in [0.29, 0.717) is 11.4 Å². The summed E-state index contributed by atoms with van der Waals surface area (Å²) in [5, 5.41) is 22.2. The molecular formula is C22H28ClN3O. The Kier molecular flexibility index (Phi) is 6.86. The lowest BCUT2D eigenvalue weighted by Crippen LogP contribution is -2.10. The van der Waals surface area contributed by atoms with Crippen molar-refractivity contribution >= 4 is 22.6 Å². The van der Waals surface area contributed by atoms with Gasteiger partial charge in [0.15, 0.2) is 0 Å². The standard InChI is InChI=1S/C22H28ClN3O/c1-3-5-6-8-15-11-16(14-18(27)7-4-2)13-17(12-15)21-19(23)9-10-20-22(21)25-26-24-20/h9-13,18,27H,3-8,14H2,1-2H3,(H,24,25,26). The van der Waals surface area contributed by atoms with Gasteiger partial charge in [0.25, 0.3) is 0 Å². The summed E-state index contributed by atoms with van der Waals surface area (Å²) in [6.07, 6.45) is 6.76. The Morgan fingerprint density at radius 2 is 1.85 bits per heavy atom. The number of unbranched alkanes of at least 4 members (excludes halogenated alkanes) is 2. The second kappa shape index (κ2) is 9.34. The van der Waals surface area contributed by atoms with Gasteiger partial charge in [-0.05, 0) is 54.5 Å². The van der Waals surface area contributed by atoms with E-state index >= 15 is 0 Å². The van der Waals surface area contributed by atoms with E-state index in [9.17, 15) is 5.11 Å². The first-order valence-electron chi connectivity index (χ1n) is 9.92. The van der Waals surface area contributed by atoms with E-state index in [0.717, 1.165) is 47.0 Å². The maximum Gasteiger partial charge on any atom is 0.122 e. The van der Waals surface area contributed by atoms with Crippen LogP contribution in [0, 0.1) is 0 Å². The van der Waals surface area contributed by atoms with Gasteiger partial charge in [-0.25, -0.2) is 0 Å². The van der Waals surface area contributed by atoms with E-state index in [4.69, 9.17) is 11.6 Å². The van der Waals surface area contributed by atoms with Crippen LogP contribution in [0.25, 0.3) is 22.2 Å². The molecule has 144 valence electrons. The van der Waals surface area contributed by atoms with Crippen molar-refractivity contribution in [3.8, 4) is 11.1 Å². The molecule has 1 aromatic heterocycles. The Morgan fingerprint density at radius 3 is 2.63 bits per heavy atom. The Bertz CT molecular complexity index is 890. The molecule has 4 nitrogen and oxygen atoms in total. The fraction of sp³-hybridized carbons (Fsp3) is 0.455. The van der Waals surface area contributed by atoms with Crippen LogP contribution in [0.2, 0.25) is 5.02 Å². The number of hydrogen-bond donors (Lipinski definition) is 2. The minimum atomic E-state index is -0.313. The van der Waals surface area contributed by atoms with E-state index < -0.39 is 0 Å². The zero-order chi connectivity index (χ0) is 19.2. The predicted octanol–water partition coefficient (Wildman–Crippen LogP) is 5.71. The van der Waals surface area contributed by atoms with E-state index in [1.165, 1.54) is 24.8 Å². The van der Waals surface area contributed by atoms with E-state index in [1.807, 2.05) is 12.1 Å². The molecule has 0 aliphatic carbocycles. The van der Waals surface area contributed by atoms with Crippen molar-refractivity contribution in [2.75, 3.05) is 0 Å². The molecule has 1 heterocycles. The summed E-state index contributed by atoms with van der Waals surface area (Å²) in [7, 11) is 0. The van der Waals surface area contributed by atoms with Gasteiger partial charge in [-0.2, -0.15) is 15.4 Å². The van der Waals surface area contributed by atoms with Crippen LogP contribution in [0.4, 0.5) is 0 Å². The van der Waals surface area contributed by atoms with Crippen LogP contribution in [-0.4, -0.2) is 26.6 Å². The number of hydrogen-bond acceptors (Lipinski definition) is 3. The summed E-state index contributed by atoms with van der Waals surface area (Å²) in [6, 6.07) is 10.3. The third-order valence-electron chi connectivity index (χ3n) is 4.94. The van der Waals surface area contributed by atoms with Gasteiger partial charge in [-0.1, -0.05) is 62.9 Å². The van der Waals surface area contributed by atoms with Crippen molar-refractivity contribution in [1.82, 2.24) is 15.4 Å². The molecule has 0 amide bonds. The van der Waals surface area contributed by atoms with Gasteiger partial charge >= 0.3 is 0 Å². The topological polar surface area (TPSA) is 61.8 Å². The number of aliphatic hydroxyl groups excluding tert-OH is 1. The highest BCUT2D eigenvalue weighted by Gasteiger charge is 2.15. The van der Waals surface area contributed by atoms with Crippen LogP contribution in [-0.2, 0) is 12.8 Å². The molecule has 5 heteroatoms. The maximum atomic E-state index is 10.3. The van der Waals surface area contributed by atoms with Gasteiger partial charge in [0.05, 0.1) is 11.1 Å². The van der Waals surface area contributed by atoms with Crippen LogP contribution < -0.4 is 0 Å². The normalized spacial score (nSPS) is 12.6. The fourth-order valence-electron chi connectivity index (χ4n) is 3.62. The lowest BCUT2D eigenvalue weighted by Gasteiger charge is -2.14. The third-order valence-corrected chi connectivity index (χ3v) is 5.26. The molecule has 3 rings (SSSR count). The zero-order valence-electron chi connectivity index (χ0n) is 16.1. The molecule has 1 atom stereocenters. The highest BCUT2D eigenvalue weighted by atomic mass is 35.5. The number of aromatic nitrogens is 3. The third kappa shape index (κ3) is 4.88. The summed E-state index contributed by atoms with van der Waals surface area (Å²) in [6.45, 7) is 4.31. The van der Waals surface area contributed by atoms with E-state index in [1.54, 1.807) is 0 Å². The van der Waals surface area contributed by atoms with Crippen molar-refractivity contribution in [3.63, 3.8) is 0 Å². The molecular weight excluding hydrogens is 358 g/mol. The summed E-state index contributed by atoms with van der Waals surface area (Å²) < 4.78 is 0. The summed E-state index contributed by atoms with van der Waals surface area (Å²) >= 11 is 6.55. The SMILES string of the molecule is CCCCCc1cc(CC(O)CCC)cc(-c2c(Cl)ccc3n[nH]nc23)c1. The first-order chi connectivity index (χ1) is 13.1. The molecule has 0 aliphatic heterocycles. The monoisotopic (exact) mass is 385 g/mol. The summed E-state index contributed by atoms with van der Waals surface area (Å²) in [5.41, 5.74) is 5.98. The number of aliphatic hydroxyl groups is 1. The highest BCUT2D eigenvalue weighted by molar-refractivity contribution is 6.34. The lowest BCUT2D eigenvalue weighted by molar-refractivity contribution is 0.164. The average molecular weight is 386 g/mol. The van der Waals surface area contributed by atoms with Crippen LogP contribution in [0.3, 0.4) is 0 Å². The highest BCUT2D eigenvalue weighted by Crippen LogP contribution is 2.35. The van der Waals surface area contributed by atoms with Gasteiger partial charge in [-0.15, -0.1) is 0 Å². The molecule has 0 bridgehead atoms. The van der Waals surface area contributed by atoms with Gasteiger partial charge < -0.3 is 5.11 Å². The Labute approximate surface area is 166 Å². The maximum absolute atomic E-state index is 10.3. The molecule has 2 aromatic carbocycles. The van der Waals surface area contributed by atoms with Crippen molar-refractivity contribution < 1.29 is 5.11 Å². The molecule has 3 aromatic rings. The second-order valence-electron chi connectivity index (χ2n) is 7.26. The minimum Gasteiger partial charge on any atom is -0.393 e. The molecule has 0 saturated carbocycles.